The molecular weight excluding hydrogens is 200 g/mol. The van der Waals surface area contributed by atoms with Crippen LogP contribution in [0.2, 0.25) is 0 Å². The first-order valence-corrected chi connectivity index (χ1v) is 5.34. The van der Waals surface area contributed by atoms with Crippen molar-refractivity contribution in [3.8, 4) is 0 Å². The molecular formula is C13H14N2O. The summed E-state index contributed by atoms with van der Waals surface area (Å²) in [5.41, 5.74) is 2.07. The van der Waals surface area contributed by atoms with Crippen molar-refractivity contribution in [3.05, 3.63) is 64.3 Å². The number of hydrogen-bond acceptors (Lipinski definition) is 2. The SMILES string of the molecule is Cc1cccc(CCn2ccccc2=O)n1. The summed E-state index contributed by atoms with van der Waals surface area (Å²) < 4.78 is 1.70. The van der Waals surface area contributed by atoms with Gasteiger partial charge in [0.25, 0.3) is 5.56 Å². The average Bonchev–Trinajstić information content (AvgIpc) is 2.28. The monoisotopic (exact) mass is 214 g/mol. The minimum atomic E-state index is 0.0372. The van der Waals surface area contributed by atoms with Gasteiger partial charge in [0.15, 0.2) is 0 Å². The Balaban J connectivity index is 2.08. The van der Waals surface area contributed by atoms with Gasteiger partial charge in [0.05, 0.1) is 0 Å². The van der Waals surface area contributed by atoms with Crippen molar-refractivity contribution in [1.29, 1.82) is 0 Å². The van der Waals surface area contributed by atoms with Crippen molar-refractivity contribution in [2.45, 2.75) is 19.9 Å². The van der Waals surface area contributed by atoms with E-state index in [0.29, 0.717) is 6.54 Å². The lowest BCUT2D eigenvalue weighted by Gasteiger charge is -2.04. The molecule has 82 valence electrons. The standard InChI is InChI=1S/C13H14N2O/c1-11-5-4-6-12(14-11)8-10-15-9-3-2-7-13(15)16/h2-7,9H,8,10H2,1H3. The Kier molecular flexibility index (Phi) is 3.15. The minimum Gasteiger partial charge on any atom is -0.315 e. The van der Waals surface area contributed by atoms with E-state index in [9.17, 15) is 4.79 Å². The first-order chi connectivity index (χ1) is 7.75. The lowest BCUT2D eigenvalue weighted by Crippen LogP contribution is -2.19. The Hall–Kier alpha value is -1.90. The molecule has 2 heterocycles. The van der Waals surface area contributed by atoms with Gasteiger partial charge in [-0.3, -0.25) is 9.78 Å². The van der Waals surface area contributed by atoms with Gasteiger partial charge in [-0.15, -0.1) is 0 Å². The summed E-state index contributed by atoms with van der Waals surface area (Å²) in [5.74, 6) is 0. The van der Waals surface area contributed by atoms with Gasteiger partial charge in [0, 0.05) is 36.6 Å². The Morgan fingerprint density at radius 2 is 2.06 bits per heavy atom. The van der Waals surface area contributed by atoms with Crippen LogP contribution < -0.4 is 5.56 Å². The molecule has 3 heteroatoms. The predicted molar refractivity (Wildman–Crippen MR) is 63.4 cm³/mol. The van der Waals surface area contributed by atoms with Crippen molar-refractivity contribution < 1.29 is 0 Å². The third kappa shape index (κ3) is 2.57. The highest BCUT2D eigenvalue weighted by Gasteiger charge is 1.97. The fraction of sp³-hybridized carbons (Fsp3) is 0.231. The topological polar surface area (TPSA) is 34.9 Å². The third-order valence-corrected chi connectivity index (χ3v) is 2.45. The van der Waals surface area contributed by atoms with Crippen molar-refractivity contribution in [2.75, 3.05) is 0 Å². The zero-order valence-electron chi connectivity index (χ0n) is 9.26. The molecule has 2 rings (SSSR count). The van der Waals surface area contributed by atoms with Gasteiger partial charge in [0.1, 0.15) is 0 Å². The quantitative estimate of drug-likeness (QED) is 0.780. The number of nitrogens with zero attached hydrogens (tertiary/aromatic N) is 2. The second kappa shape index (κ2) is 4.75. The smallest absolute Gasteiger partial charge is 0.250 e. The summed E-state index contributed by atoms with van der Waals surface area (Å²) in [4.78, 5) is 15.9. The summed E-state index contributed by atoms with van der Waals surface area (Å²) in [6.07, 6.45) is 2.59. The molecule has 0 spiro atoms. The van der Waals surface area contributed by atoms with Crippen molar-refractivity contribution >= 4 is 0 Å². The lowest BCUT2D eigenvalue weighted by molar-refractivity contribution is 0.659. The molecule has 0 radical (unpaired) electrons. The normalized spacial score (nSPS) is 10.3. The molecule has 0 fully saturated rings. The Labute approximate surface area is 94.4 Å². The summed E-state index contributed by atoms with van der Waals surface area (Å²) in [6.45, 7) is 2.65. The van der Waals surface area contributed by atoms with E-state index in [1.165, 1.54) is 0 Å². The summed E-state index contributed by atoms with van der Waals surface area (Å²) in [7, 11) is 0. The molecule has 2 aromatic rings. The van der Waals surface area contributed by atoms with E-state index in [1.807, 2.05) is 31.2 Å². The van der Waals surface area contributed by atoms with Crippen LogP contribution >= 0.6 is 0 Å². The molecule has 3 nitrogen and oxygen atoms in total. The van der Waals surface area contributed by atoms with Crippen LogP contribution in [0, 0.1) is 6.92 Å². The van der Waals surface area contributed by atoms with Crippen LogP contribution in [0.25, 0.3) is 0 Å². The molecule has 0 amide bonds. The van der Waals surface area contributed by atoms with E-state index in [4.69, 9.17) is 0 Å². The Morgan fingerprint density at radius 1 is 1.19 bits per heavy atom. The zero-order chi connectivity index (χ0) is 11.4. The molecule has 0 saturated carbocycles. The van der Waals surface area contributed by atoms with Crippen LogP contribution in [0.5, 0.6) is 0 Å². The molecule has 0 N–H and O–H groups in total. The van der Waals surface area contributed by atoms with Crippen molar-refractivity contribution in [1.82, 2.24) is 9.55 Å². The van der Waals surface area contributed by atoms with Gasteiger partial charge in [-0.2, -0.15) is 0 Å². The van der Waals surface area contributed by atoms with Gasteiger partial charge in [-0.1, -0.05) is 12.1 Å². The number of aromatic nitrogens is 2. The highest BCUT2D eigenvalue weighted by molar-refractivity contribution is 5.10. The average molecular weight is 214 g/mol. The number of aryl methyl sites for hydroxylation is 3. The number of hydrogen-bond donors (Lipinski definition) is 0. The van der Waals surface area contributed by atoms with E-state index in [1.54, 1.807) is 22.9 Å². The zero-order valence-corrected chi connectivity index (χ0v) is 9.26. The Bertz CT molecular complexity index is 531. The maximum Gasteiger partial charge on any atom is 0.250 e. The second-order valence-corrected chi connectivity index (χ2v) is 3.75. The first-order valence-electron chi connectivity index (χ1n) is 5.34. The number of pyridine rings is 2. The largest absolute Gasteiger partial charge is 0.315 e. The molecule has 0 aliphatic carbocycles. The summed E-state index contributed by atoms with van der Waals surface area (Å²) in [5, 5.41) is 0. The van der Waals surface area contributed by atoms with Crippen LogP contribution in [0.3, 0.4) is 0 Å². The van der Waals surface area contributed by atoms with Crippen LogP contribution in [-0.4, -0.2) is 9.55 Å². The first kappa shape index (κ1) is 10.6. The number of rotatable bonds is 3. The van der Waals surface area contributed by atoms with Crippen LogP contribution in [0.15, 0.2) is 47.4 Å². The molecule has 16 heavy (non-hydrogen) atoms. The maximum absolute atomic E-state index is 11.4. The minimum absolute atomic E-state index is 0.0372. The lowest BCUT2D eigenvalue weighted by atomic mass is 10.2. The van der Waals surface area contributed by atoms with E-state index < -0.39 is 0 Å². The van der Waals surface area contributed by atoms with Gasteiger partial charge < -0.3 is 4.57 Å². The fourth-order valence-electron chi connectivity index (χ4n) is 1.62. The van der Waals surface area contributed by atoms with Crippen molar-refractivity contribution in [3.63, 3.8) is 0 Å². The van der Waals surface area contributed by atoms with E-state index in [0.717, 1.165) is 17.8 Å². The highest BCUT2D eigenvalue weighted by atomic mass is 16.1. The molecule has 0 bridgehead atoms. The van der Waals surface area contributed by atoms with Gasteiger partial charge in [0.2, 0.25) is 0 Å². The molecule has 0 aliphatic heterocycles. The van der Waals surface area contributed by atoms with Crippen LogP contribution in [0.4, 0.5) is 0 Å². The molecule has 0 atom stereocenters. The summed E-state index contributed by atoms with van der Waals surface area (Å²) in [6, 6.07) is 11.1. The molecule has 0 saturated heterocycles. The maximum atomic E-state index is 11.4. The van der Waals surface area contributed by atoms with Crippen LogP contribution in [-0.2, 0) is 13.0 Å². The molecule has 0 unspecified atom stereocenters. The van der Waals surface area contributed by atoms with Gasteiger partial charge in [-0.25, -0.2) is 0 Å². The predicted octanol–water partition coefficient (Wildman–Crippen LogP) is 1.79. The second-order valence-electron chi connectivity index (χ2n) is 3.75. The van der Waals surface area contributed by atoms with Gasteiger partial charge in [-0.05, 0) is 25.1 Å². The van der Waals surface area contributed by atoms with Crippen molar-refractivity contribution in [2.24, 2.45) is 0 Å². The van der Waals surface area contributed by atoms with Gasteiger partial charge >= 0.3 is 0 Å². The van der Waals surface area contributed by atoms with E-state index >= 15 is 0 Å². The molecule has 2 aromatic heterocycles. The van der Waals surface area contributed by atoms with E-state index in [-0.39, 0.29) is 5.56 Å². The molecule has 0 aliphatic rings. The molecule has 0 aromatic carbocycles. The fourth-order valence-corrected chi connectivity index (χ4v) is 1.62. The van der Waals surface area contributed by atoms with E-state index in [2.05, 4.69) is 4.98 Å². The Morgan fingerprint density at radius 3 is 2.81 bits per heavy atom. The highest BCUT2D eigenvalue weighted by Crippen LogP contribution is 2.00. The van der Waals surface area contributed by atoms with Crippen LogP contribution in [0.1, 0.15) is 11.4 Å². The summed E-state index contributed by atoms with van der Waals surface area (Å²) >= 11 is 0. The third-order valence-electron chi connectivity index (χ3n) is 2.45.